The van der Waals surface area contributed by atoms with Gasteiger partial charge in [-0.15, -0.1) is 0 Å². The first-order valence-electron chi connectivity index (χ1n) is 21.6. The van der Waals surface area contributed by atoms with E-state index in [1.165, 1.54) is 77.0 Å². The van der Waals surface area contributed by atoms with Crippen LogP contribution in [0.2, 0.25) is 0 Å². The molecule has 2 aromatic heterocycles. The average Bonchev–Trinajstić information content (AvgIpc) is 3.88. The van der Waals surface area contributed by atoms with E-state index >= 15 is 0 Å². The molecule has 0 aliphatic carbocycles. The molecule has 2 heterocycles. The second-order valence-corrected chi connectivity index (χ2v) is 16.2. The predicted octanol–water partition coefficient (Wildman–Crippen LogP) is 16.4. The number of nitrogens with zero attached hydrogens (tertiary/aromatic N) is 3. The lowest BCUT2D eigenvalue weighted by Crippen LogP contribution is -2.10. The van der Waals surface area contributed by atoms with Gasteiger partial charge in [-0.1, -0.05) is 164 Å². The molecule has 63 heavy (non-hydrogen) atoms. The van der Waals surface area contributed by atoms with Crippen molar-refractivity contribution in [2.24, 2.45) is 0 Å². The van der Waals surface area contributed by atoms with E-state index in [4.69, 9.17) is 0 Å². The van der Waals surface area contributed by atoms with Crippen LogP contribution in [0.5, 0.6) is 0 Å². The summed E-state index contributed by atoms with van der Waals surface area (Å²) < 4.78 is 4.76. The van der Waals surface area contributed by atoms with E-state index in [0.717, 1.165) is 28.4 Å². The summed E-state index contributed by atoms with van der Waals surface area (Å²) in [7, 11) is 0. The van der Waals surface area contributed by atoms with E-state index in [0.29, 0.717) is 0 Å². The molecule has 0 amide bonds. The van der Waals surface area contributed by atoms with Crippen LogP contribution in [0.3, 0.4) is 0 Å². The van der Waals surface area contributed by atoms with Crippen molar-refractivity contribution in [2.45, 2.75) is 0 Å². The normalized spacial score (nSPS) is 11.5. The highest BCUT2D eigenvalue weighted by Crippen LogP contribution is 2.42. The Hall–Kier alpha value is -8.40. The highest BCUT2D eigenvalue weighted by Gasteiger charge is 2.19. The van der Waals surface area contributed by atoms with Crippen LogP contribution in [0.25, 0.3) is 88.4 Å². The fourth-order valence-electron chi connectivity index (χ4n) is 9.50. The minimum absolute atomic E-state index is 1.09. The number of anilines is 3. The van der Waals surface area contributed by atoms with Crippen LogP contribution in [-0.4, -0.2) is 9.13 Å². The molecule has 12 aromatic rings. The minimum Gasteiger partial charge on any atom is -0.310 e. The summed E-state index contributed by atoms with van der Waals surface area (Å²) in [6.45, 7) is 0. The lowest BCUT2D eigenvalue weighted by atomic mass is 10.00. The van der Waals surface area contributed by atoms with Crippen LogP contribution in [0, 0.1) is 0 Å². The summed E-state index contributed by atoms with van der Waals surface area (Å²) in [5, 5.41) is 4.96. The van der Waals surface area contributed by atoms with Gasteiger partial charge in [0.15, 0.2) is 0 Å². The molecule has 0 saturated heterocycles. The third-order valence-electron chi connectivity index (χ3n) is 12.5. The first-order chi connectivity index (χ1) is 31.2. The molecule has 0 fully saturated rings. The van der Waals surface area contributed by atoms with Crippen molar-refractivity contribution < 1.29 is 0 Å². The first-order valence-corrected chi connectivity index (χ1v) is 21.6. The van der Waals surface area contributed by atoms with Crippen LogP contribution in [-0.2, 0) is 0 Å². The average molecular weight is 804 g/mol. The summed E-state index contributed by atoms with van der Waals surface area (Å²) in [6, 6.07) is 90.1. The van der Waals surface area contributed by atoms with Crippen molar-refractivity contribution >= 4 is 60.7 Å². The Bertz CT molecular complexity index is 3570. The Kier molecular flexibility index (Phi) is 8.83. The van der Waals surface area contributed by atoms with Gasteiger partial charge < -0.3 is 14.0 Å². The molecule has 0 aliphatic heterocycles. The molecule has 0 atom stereocenters. The fraction of sp³-hybridized carbons (Fsp3) is 0. The molecule has 3 heteroatoms. The van der Waals surface area contributed by atoms with Gasteiger partial charge >= 0.3 is 0 Å². The molecule has 10 aromatic carbocycles. The fourth-order valence-corrected chi connectivity index (χ4v) is 9.50. The van der Waals surface area contributed by atoms with E-state index in [2.05, 4.69) is 263 Å². The van der Waals surface area contributed by atoms with Crippen molar-refractivity contribution in [2.75, 3.05) is 4.90 Å². The van der Waals surface area contributed by atoms with E-state index < -0.39 is 0 Å². The van der Waals surface area contributed by atoms with Crippen LogP contribution < -0.4 is 4.90 Å². The summed E-state index contributed by atoms with van der Waals surface area (Å²) >= 11 is 0. The maximum atomic E-state index is 2.39. The molecule has 0 unspecified atom stereocenters. The van der Waals surface area contributed by atoms with Crippen LogP contribution in [0.1, 0.15) is 0 Å². The third kappa shape index (κ3) is 6.38. The molecule has 0 aliphatic rings. The zero-order valence-electron chi connectivity index (χ0n) is 34.5. The molecular weight excluding hydrogens is 763 g/mol. The predicted molar refractivity (Wildman–Crippen MR) is 266 cm³/mol. The number of hydrogen-bond acceptors (Lipinski definition) is 1. The molecule has 0 bridgehead atoms. The van der Waals surface area contributed by atoms with Gasteiger partial charge in [0, 0.05) is 50.0 Å². The minimum atomic E-state index is 1.09. The van der Waals surface area contributed by atoms with Crippen LogP contribution in [0.4, 0.5) is 17.1 Å². The van der Waals surface area contributed by atoms with E-state index in [1.54, 1.807) is 0 Å². The van der Waals surface area contributed by atoms with Gasteiger partial charge in [0.05, 0.1) is 22.1 Å². The van der Waals surface area contributed by atoms with Gasteiger partial charge in [-0.2, -0.15) is 0 Å². The topological polar surface area (TPSA) is 13.1 Å². The number of hydrogen-bond donors (Lipinski definition) is 0. The van der Waals surface area contributed by atoms with Crippen molar-refractivity contribution in [1.82, 2.24) is 9.13 Å². The number of para-hydroxylation sites is 4. The Balaban J connectivity index is 0.965. The quantitative estimate of drug-likeness (QED) is 0.149. The Morgan fingerprint density at radius 3 is 1.14 bits per heavy atom. The summed E-state index contributed by atoms with van der Waals surface area (Å²) in [4.78, 5) is 2.38. The van der Waals surface area contributed by atoms with Gasteiger partial charge in [-0.25, -0.2) is 0 Å². The number of aromatic nitrogens is 2. The molecular formula is C60H41N3. The van der Waals surface area contributed by atoms with E-state index in [9.17, 15) is 0 Å². The summed E-state index contributed by atoms with van der Waals surface area (Å²) in [5.74, 6) is 0. The molecule has 0 N–H and O–H groups in total. The Labute approximate surface area is 366 Å². The smallest absolute Gasteiger partial charge is 0.0561 e. The lowest BCUT2D eigenvalue weighted by Gasteiger charge is -2.26. The molecule has 0 spiro atoms. The summed E-state index contributed by atoms with van der Waals surface area (Å²) in [6.07, 6.45) is 0. The van der Waals surface area contributed by atoms with Crippen molar-refractivity contribution in [3.05, 3.63) is 249 Å². The van der Waals surface area contributed by atoms with Crippen molar-refractivity contribution in [1.29, 1.82) is 0 Å². The van der Waals surface area contributed by atoms with E-state index in [-0.39, 0.29) is 0 Å². The third-order valence-corrected chi connectivity index (χ3v) is 12.5. The molecule has 12 rings (SSSR count). The van der Waals surface area contributed by atoms with Crippen LogP contribution >= 0.6 is 0 Å². The summed E-state index contributed by atoms with van der Waals surface area (Å²) in [5.41, 5.74) is 17.5. The van der Waals surface area contributed by atoms with Gasteiger partial charge in [0.25, 0.3) is 0 Å². The number of rotatable bonds is 8. The molecule has 3 nitrogen and oxygen atoms in total. The second-order valence-electron chi connectivity index (χ2n) is 16.2. The van der Waals surface area contributed by atoms with Crippen molar-refractivity contribution in [3.8, 4) is 44.8 Å². The molecule has 0 radical (unpaired) electrons. The van der Waals surface area contributed by atoms with Gasteiger partial charge in [0.1, 0.15) is 0 Å². The largest absolute Gasteiger partial charge is 0.310 e. The van der Waals surface area contributed by atoms with Crippen molar-refractivity contribution in [3.63, 3.8) is 0 Å². The lowest BCUT2D eigenvalue weighted by molar-refractivity contribution is 1.18. The van der Waals surface area contributed by atoms with Gasteiger partial charge in [0.2, 0.25) is 0 Å². The van der Waals surface area contributed by atoms with Gasteiger partial charge in [-0.05, 0) is 118 Å². The standard InChI is InChI=1S/C60H41N3/c1-4-14-42(15-5-1)43-24-26-44(27-25-43)45-28-33-50(34-29-45)61(52-37-38-55-53-20-10-12-22-57(53)63(60(55)41-52)49-18-8-3-9-19-49)51-35-30-46(31-36-51)47-32-39-59-56(40-47)54-21-11-13-23-58(54)62(59)48-16-6-2-7-17-48/h1-41H. The second kappa shape index (κ2) is 15.3. The Morgan fingerprint density at radius 1 is 0.222 bits per heavy atom. The zero-order valence-corrected chi connectivity index (χ0v) is 34.5. The van der Waals surface area contributed by atoms with Crippen LogP contribution in [0.15, 0.2) is 249 Å². The molecule has 296 valence electrons. The Morgan fingerprint density at radius 2 is 0.587 bits per heavy atom. The number of fused-ring (bicyclic) bond motifs is 6. The zero-order chi connectivity index (χ0) is 41.7. The molecule has 0 saturated carbocycles. The SMILES string of the molecule is c1ccc(-c2ccc(-c3ccc(N(c4ccc(-c5ccc6c(c5)c5ccccc5n6-c5ccccc5)cc4)c4ccc5c6ccccc6n(-c6ccccc6)c5c4)cc3)cc2)cc1. The van der Waals surface area contributed by atoms with E-state index in [1.807, 2.05) is 0 Å². The highest BCUT2D eigenvalue weighted by atomic mass is 15.1. The first kappa shape index (κ1) is 36.5. The van der Waals surface area contributed by atoms with Gasteiger partial charge in [-0.3, -0.25) is 0 Å². The maximum Gasteiger partial charge on any atom is 0.0561 e. The number of benzene rings is 10. The monoisotopic (exact) mass is 803 g/mol. The highest BCUT2D eigenvalue weighted by molar-refractivity contribution is 6.11. The maximum absolute atomic E-state index is 2.39.